The third-order valence-electron chi connectivity index (χ3n) is 2.05. The smallest absolute Gasteiger partial charge is 0.303 e. The van der Waals surface area contributed by atoms with Crippen LogP contribution in [0.4, 0.5) is 0 Å². The van der Waals surface area contributed by atoms with Crippen molar-refractivity contribution in [2.45, 2.75) is 12.8 Å². The number of amides is 1. The van der Waals surface area contributed by atoms with Gasteiger partial charge in [-0.25, -0.2) is 0 Å². The molecule has 0 heterocycles. The van der Waals surface area contributed by atoms with Crippen LogP contribution in [0, 0.1) is 0 Å². The Bertz CT molecular complexity index is 422. The molecule has 0 spiro atoms. The summed E-state index contributed by atoms with van der Waals surface area (Å²) < 4.78 is 6.32. The maximum atomic E-state index is 11.2. The van der Waals surface area contributed by atoms with Gasteiger partial charge in [0, 0.05) is 10.9 Å². The Hall–Kier alpha value is -1.56. The molecular weight excluding hydrogens is 302 g/mol. The molecule has 0 aromatic heterocycles. The Morgan fingerprint density at radius 1 is 1.33 bits per heavy atom. The predicted molar refractivity (Wildman–Crippen MR) is 69.5 cm³/mol. The summed E-state index contributed by atoms with van der Waals surface area (Å²) >= 11 is 3.32. The highest BCUT2D eigenvalue weighted by Crippen LogP contribution is 2.17. The molecule has 0 saturated carbocycles. The van der Waals surface area contributed by atoms with Gasteiger partial charge in [0.05, 0.1) is 13.0 Å². The second-order valence-corrected chi connectivity index (χ2v) is 4.47. The van der Waals surface area contributed by atoms with Crippen molar-refractivity contribution in [3.05, 3.63) is 28.7 Å². The number of halogens is 1. The number of carbonyl (C=O) groups is 2. The van der Waals surface area contributed by atoms with Gasteiger partial charge in [-0.2, -0.15) is 0 Å². The highest BCUT2D eigenvalue weighted by molar-refractivity contribution is 9.10. The third kappa shape index (κ3) is 6.24. The normalized spacial score (nSPS) is 9.83. The lowest BCUT2D eigenvalue weighted by Gasteiger charge is -2.07. The number of aliphatic carboxylic acids is 1. The average molecular weight is 316 g/mol. The van der Waals surface area contributed by atoms with E-state index >= 15 is 0 Å². The highest BCUT2D eigenvalue weighted by Gasteiger charge is 2.04. The first kappa shape index (κ1) is 14.5. The first-order valence-corrected chi connectivity index (χ1v) is 6.24. The van der Waals surface area contributed by atoms with E-state index in [0.29, 0.717) is 18.9 Å². The monoisotopic (exact) mass is 315 g/mol. The minimum Gasteiger partial charge on any atom is -0.492 e. The van der Waals surface area contributed by atoms with Gasteiger partial charge in [0.15, 0.2) is 0 Å². The molecule has 1 rings (SSSR count). The summed E-state index contributed by atoms with van der Waals surface area (Å²) in [5.74, 6) is -0.546. The minimum atomic E-state index is -0.976. The van der Waals surface area contributed by atoms with Gasteiger partial charge >= 0.3 is 5.97 Å². The van der Waals surface area contributed by atoms with E-state index in [1.165, 1.54) is 0 Å². The summed E-state index contributed by atoms with van der Waals surface area (Å²) in [6.07, 6.45) is -0.162. The molecule has 0 fully saturated rings. The molecule has 2 N–H and O–H groups in total. The van der Waals surface area contributed by atoms with Crippen molar-refractivity contribution < 1.29 is 19.4 Å². The Morgan fingerprint density at radius 2 is 2.11 bits per heavy atom. The van der Waals surface area contributed by atoms with Gasteiger partial charge < -0.3 is 15.2 Å². The minimum absolute atomic E-state index is 0.00772. The predicted octanol–water partition coefficient (Wildman–Crippen LogP) is 1.81. The number of ether oxygens (including phenoxy) is 1. The quantitative estimate of drug-likeness (QED) is 0.752. The maximum absolute atomic E-state index is 11.2. The van der Waals surface area contributed by atoms with Gasteiger partial charge in [-0.1, -0.05) is 22.0 Å². The number of carboxylic acids is 1. The van der Waals surface area contributed by atoms with Crippen molar-refractivity contribution >= 4 is 27.8 Å². The van der Waals surface area contributed by atoms with Crippen LogP contribution in [0.2, 0.25) is 0 Å². The van der Waals surface area contributed by atoms with E-state index < -0.39 is 5.97 Å². The molecule has 1 amide bonds. The molecule has 0 atom stereocenters. The fraction of sp³-hybridized carbons (Fsp3) is 0.333. The van der Waals surface area contributed by atoms with Crippen molar-refractivity contribution in [1.29, 1.82) is 0 Å². The van der Waals surface area contributed by atoms with Crippen LogP contribution in [0.15, 0.2) is 28.7 Å². The molecule has 0 saturated heterocycles. The van der Waals surface area contributed by atoms with Crippen LogP contribution in [-0.2, 0) is 9.59 Å². The lowest BCUT2D eigenvalue weighted by molar-refractivity contribution is -0.138. The number of nitrogens with one attached hydrogen (secondary N) is 1. The highest BCUT2D eigenvalue weighted by atomic mass is 79.9. The first-order chi connectivity index (χ1) is 8.58. The van der Waals surface area contributed by atoms with Gasteiger partial charge in [0.1, 0.15) is 12.4 Å². The lowest BCUT2D eigenvalue weighted by Crippen LogP contribution is -2.28. The molecule has 0 bridgehead atoms. The van der Waals surface area contributed by atoms with Gasteiger partial charge in [0.2, 0.25) is 5.91 Å². The van der Waals surface area contributed by atoms with Crippen LogP contribution in [-0.4, -0.2) is 30.1 Å². The molecule has 0 unspecified atom stereocenters. The summed E-state index contributed by atoms with van der Waals surface area (Å²) in [4.78, 5) is 21.4. The second-order valence-electron chi connectivity index (χ2n) is 3.55. The molecule has 0 aliphatic carbocycles. The second kappa shape index (κ2) is 7.71. The molecule has 1 aromatic rings. The summed E-state index contributed by atoms with van der Waals surface area (Å²) in [7, 11) is 0. The topological polar surface area (TPSA) is 75.6 Å². The first-order valence-electron chi connectivity index (χ1n) is 5.45. The zero-order valence-electron chi connectivity index (χ0n) is 9.69. The van der Waals surface area contributed by atoms with Gasteiger partial charge in [-0.05, 0) is 18.2 Å². The van der Waals surface area contributed by atoms with E-state index in [1.54, 1.807) is 0 Å². The Labute approximate surface area is 113 Å². The van der Waals surface area contributed by atoms with Gasteiger partial charge in [0.25, 0.3) is 0 Å². The van der Waals surface area contributed by atoms with Gasteiger partial charge in [-0.15, -0.1) is 0 Å². The fourth-order valence-electron chi connectivity index (χ4n) is 1.22. The lowest BCUT2D eigenvalue weighted by atomic mass is 10.3. The Balaban J connectivity index is 2.15. The van der Waals surface area contributed by atoms with Crippen molar-refractivity contribution in [2.75, 3.05) is 13.2 Å². The van der Waals surface area contributed by atoms with Crippen LogP contribution < -0.4 is 10.1 Å². The van der Waals surface area contributed by atoms with E-state index in [2.05, 4.69) is 21.2 Å². The number of benzene rings is 1. The standard InChI is InChI=1S/C12H14BrNO4/c13-9-2-1-3-10(8-9)18-7-6-14-11(15)4-5-12(16)17/h1-3,8H,4-7H2,(H,14,15)(H,16,17). The van der Waals surface area contributed by atoms with E-state index in [9.17, 15) is 9.59 Å². The van der Waals surface area contributed by atoms with Crippen molar-refractivity contribution in [2.24, 2.45) is 0 Å². The largest absolute Gasteiger partial charge is 0.492 e. The van der Waals surface area contributed by atoms with Crippen molar-refractivity contribution in [1.82, 2.24) is 5.32 Å². The van der Waals surface area contributed by atoms with Crippen LogP contribution >= 0.6 is 15.9 Å². The zero-order chi connectivity index (χ0) is 13.4. The van der Waals surface area contributed by atoms with E-state index in [-0.39, 0.29) is 18.7 Å². The van der Waals surface area contributed by atoms with E-state index in [1.807, 2.05) is 24.3 Å². The number of carboxylic acid groups (broad SMARTS) is 1. The molecule has 18 heavy (non-hydrogen) atoms. The number of hydrogen-bond donors (Lipinski definition) is 2. The molecular formula is C12H14BrNO4. The van der Waals surface area contributed by atoms with Crippen LogP contribution in [0.5, 0.6) is 5.75 Å². The van der Waals surface area contributed by atoms with Crippen LogP contribution in [0.1, 0.15) is 12.8 Å². The Kier molecular flexibility index (Phi) is 6.21. The van der Waals surface area contributed by atoms with E-state index in [0.717, 1.165) is 4.47 Å². The molecule has 0 radical (unpaired) electrons. The SMILES string of the molecule is O=C(O)CCC(=O)NCCOc1cccc(Br)c1. The molecule has 98 valence electrons. The van der Waals surface area contributed by atoms with Crippen molar-refractivity contribution in [3.8, 4) is 5.75 Å². The van der Waals surface area contributed by atoms with E-state index in [4.69, 9.17) is 9.84 Å². The zero-order valence-corrected chi connectivity index (χ0v) is 11.3. The van der Waals surface area contributed by atoms with Crippen molar-refractivity contribution in [3.63, 3.8) is 0 Å². The molecule has 6 heteroatoms. The number of hydrogen-bond acceptors (Lipinski definition) is 3. The van der Waals surface area contributed by atoms with Crippen LogP contribution in [0.3, 0.4) is 0 Å². The Morgan fingerprint density at radius 3 is 2.78 bits per heavy atom. The third-order valence-corrected chi connectivity index (χ3v) is 2.55. The summed E-state index contributed by atoms with van der Waals surface area (Å²) in [5, 5.41) is 11.0. The fourth-order valence-corrected chi connectivity index (χ4v) is 1.60. The number of carbonyl (C=O) groups excluding carboxylic acids is 1. The summed E-state index contributed by atoms with van der Waals surface area (Å²) in [6.45, 7) is 0.695. The summed E-state index contributed by atoms with van der Waals surface area (Å²) in [5.41, 5.74) is 0. The molecule has 1 aromatic carbocycles. The summed E-state index contributed by atoms with van der Waals surface area (Å²) in [6, 6.07) is 7.38. The molecule has 0 aliphatic heterocycles. The van der Waals surface area contributed by atoms with Gasteiger partial charge in [-0.3, -0.25) is 9.59 Å². The van der Waals surface area contributed by atoms with Crippen LogP contribution in [0.25, 0.3) is 0 Å². The molecule has 5 nitrogen and oxygen atoms in total. The average Bonchev–Trinajstić information content (AvgIpc) is 2.32. The molecule has 0 aliphatic rings. The number of rotatable bonds is 7. The maximum Gasteiger partial charge on any atom is 0.303 e.